The third-order valence-electron chi connectivity index (χ3n) is 2.60. The summed E-state index contributed by atoms with van der Waals surface area (Å²) in [6.07, 6.45) is 0.612. The SMILES string of the molecule is CCCS(=O)(=O)NCc1ccc2ccccc2n1. The Morgan fingerprint density at radius 3 is 2.72 bits per heavy atom. The van der Waals surface area contributed by atoms with E-state index in [4.69, 9.17) is 0 Å². The highest BCUT2D eigenvalue weighted by Gasteiger charge is 2.08. The van der Waals surface area contributed by atoms with E-state index in [0.717, 1.165) is 16.6 Å². The average molecular weight is 264 g/mol. The van der Waals surface area contributed by atoms with Gasteiger partial charge in [0.1, 0.15) is 0 Å². The Morgan fingerprint density at radius 2 is 1.94 bits per heavy atom. The van der Waals surface area contributed by atoms with Crippen LogP contribution in [0.3, 0.4) is 0 Å². The first kappa shape index (κ1) is 13.0. The number of aromatic nitrogens is 1. The first-order valence-corrected chi connectivity index (χ1v) is 7.58. The van der Waals surface area contributed by atoms with E-state index < -0.39 is 10.0 Å². The largest absolute Gasteiger partial charge is 0.251 e. The lowest BCUT2D eigenvalue weighted by Crippen LogP contribution is -2.26. The third kappa shape index (κ3) is 3.27. The van der Waals surface area contributed by atoms with Gasteiger partial charge in [-0.1, -0.05) is 31.2 Å². The summed E-state index contributed by atoms with van der Waals surface area (Å²) in [6, 6.07) is 11.6. The molecule has 96 valence electrons. The minimum atomic E-state index is -3.17. The van der Waals surface area contributed by atoms with Crippen LogP contribution in [0.5, 0.6) is 0 Å². The highest BCUT2D eigenvalue weighted by molar-refractivity contribution is 7.89. The molecule has 0 amide bonds. The molecule has 2 rings (SSSR count). The Hall–Kier alpha value is -1.46. The second-order valence-corrected chi connectivity index (χ2v) is 6.06. The van der Waals surface area contributed by atoms with Crippen molar-refractivity contribution in [2.75, 3.05) is 5.75 Å². The second kappa shape index (κ2) is 5.46. The van der Waals surface area contributed by atoms with Crippen molar-refractivity contribution in [3.05, 3.63) is 42.1 Å². The summed E-state index contributed by atoms with van der Waals surface area (Å²) in [6.45, 7) is 2.08. The van der Waals surface area contributed by atoms with E-state index in [1.54, 1.807) is 0 Å². The molecule has 1 aromatic carbocycles. The van der Waals surface area contributed by atoms with Gasteiger partial charge in [-0.05, 0) is 18.6 Å². The van der Waals surface area contributed by atoms with Crippen molar-refractivity contribution in [1.29, 1.82) is 0 Å². The molecular weight excluding hydrogens is 248 g/mol. The summed E-state index contributed by atoms with van der Waals surface area (Å²) in [4.78, 5) is 4.41. The van der Waals surface area contributed by atoms with Crippen LogP contribution in [0.15, 0.2) is 36.4 Å². The summed E-state index contributed by atoms with van der Waals surface area (Å²) in [5.74, 6) is 0.153. The van der Waals surface area contributed by atoms with Gasteiger partial charge < -0.3 is 0 Å². The summed E-state index contributed by atoms with van der Waals surface area (Å²) in [7, 11) is -3.17. The van der Waals surface area contributed by atoms with Crippen molar-refractivity contribution >= 4 is 20.9 Å². The van der Waals surface area contributed by atoms with Gasteiger partial charge in [0.2, 0.25) is 10.0 Å². The number of nitrogens with zero attached hydrogens (tertiary/aromatic N) is 1. The maximum Gasteiger partial charge on any atom is 0.211 e. The molecule has 1 N–H and O–H groups in total. The van der Waals surface area contributed by atoms with Crippen LogP contribution in [0.2, 0.25) is 0 Å². The lowest BCUT2D eigenvalue weighted by atomic mass is 10.2. The Balaban J connectivity index is 2.13. The molecule has 0 aliphatic rings. The molecule has 5 heteroatoms. The maximum atomic E-state index is 11.5. The highest BCUT2D eigenvalue weighted by atomic mass is 32.2. The molecule has 0 aliphatic heterocycles. The van der Waals surface area contributed by atoms with Crippen molar-refractivity contribution in [2.45, 2.75) is 19.9 Å². The monoisotopic (exact) mass is 264 g/mol. The van der Waals surface area contributed by atoms with Crippen molar-refractivity contribution in [1.82, 2.24) is 9.71 Å². The number of hydrogen-bond acceptors (Lipinski definition) is 3. The topological polar surface area (TPSA) is 59.1 Å². The molecule has 0 bridgehead atoms. The first-order valence-electron chi connectivity index (χ1n) is 5.93. The highest BCUT2D eigenvalue weighted by Crippen LogP contribution is 2.11. The minimum Gasteiger partial charge on any atom is -0.251 e. The Labute approximate surface area is 107 Å². The molecule has 2 aromatic rings. The van der Waals surface area contributed by atoms with Crippen LogP contribution in [0.1, 0.15) is 19.0 Å². The van der Waals surface area contributed by atoms with Crippen LogP contribution in [0, 0.1) is 0 Å². The van der Waals surface area contributed by atoms with E-state index in [1.807, 2.05) is 43.3 Å². The molecule has 0 atom stereocenters. The third-order valence-corrected chi connectivity index (χ3v) is 4.13. The molecular formula is C13H16N2O2S. The lowest BCUT2D eigenvalue weighted by molar-refractivity contribution is 0.579. The number of pyridine rings is 1. The zero-order valence-corrected chi connectivity index (χ0v) is 11.1. The first-order chi connectivity index (χ1) is 8.61. The second-order valence-electron chi connectivity index (χ2n) is 4.14. The van der Waals surface area contributed by atoms with Gasteiger partial charge in [-0.3, -0.25) is 4.98 Å². The molecule has 0 radical (unpaired) electrons. The minimum absolute atomic E-state index is 0.153. The zero-order valence-electron chi connectivity index (χ0n) is 10.3. The fraction of sp³-hybridized carbons (Fsp3) is 0.308. The zero-order chi connectivity index (χ0) is 13.0. The van der Waals surface area contributed by atoms with Crippen molar-refractivity contribution in [2.24, 2.45) is 0 Å². The van der Waals surface area contributed by atoms with Crippen molar-refractivity contribution in [3.63, 3.8) is 0 Å². The molecule has 4 nitrogen and oxygen atoms in total. The molecule has 1 aromatic heterocycles. The lowest BCUT2D eigenvalue weighted by Gasteiger charge is -2.06. The van der Waals surface area contributed by atoms with E-state index in [-0.39, 0.29) is 12.3 Å². The Bertz CT molecular complexity index is 638. The fourth-order valence-corrected chi connectivity index (χ4v) is 2.78. The van der Waals surface area contributed by atoms with Gasteiger partial charge in [0.15, 0.2) is 0 Å². The molecule has 0 saturated carbocycles. The molecule has 1 heterocycles. The molecule has 0 saturated heterocycles. The quantitative estimate of drug-likeness (QED) is 0.899. The molecule has 18 heavy (non-hydrogen) atoms. The van der Waals surface area contributed by atoms with Gasteiger partial charge >= 0.3 is 0 Å². The van der Waals surface area contributed by atoms with Crippen LogP contribution in [-0.2, 0) is 16.6 Å². The summed E-state index contributed by atoms with van der Waals surface area (Å²) in [5.41, 5.74) is 1.61. The van der Waals surface area contributed by atoms with Crippen LogP contribution < -0.4 is 4.72 Å². The van der Waals surface area contributed by atoms with E-state index in [0.29, 0.717) is 6.42 Å². The van der Waals surface area contributed by atoms with Gasteiger partial charge in [0, 0.05) is 5.39 Å². The number of sulfonamides is 1. The van der Waals surface area contributed by atoms with E-state index in [9.17, 15) is 8.42 Å². The number of para-hydroxylation sites is 1. The van der Waals surface area contributed by atoms with E-state index >= 15 is 0 Å². The average Bonchev–Trinajstić information content (AvgIpc) is 2.36. The smallest absolute Gasteiger partial charge is 0.211 e. The molecule has 0 spiro atoms. The normalized spacial score (nSPS) is 11.8. The van der Waals surface area contributed by atoms with Crippen LogP contribution in [0.25, 0.3) is 10.9 Å². The van der Waals surface area contributed by atoms with Gasteiger partial charge in [-0.25, -0.2) is 13.1 Å². The number of nitrogens with one attached hydrogen (secondary N) is 1. The van der Waals surface area contributed by atoms with Crippen LogP contribution in [-0.4, -0.2) is 19.2 Å². The van der Waals surface area contributed by atoms with Crippen LogP contribution >= 0.6 is 0 Å². The van der Waals surface area contributed by atoms with Gasteiger partial charge in [-0.2, -0.15) is 0 Å². The van der Waals surface area contributed by atoms with Crippen molar-refractivity contribution < 1.29 is 8.42 Å². The summed E-state index contributed by atoms with van der Waals surface area (Å²) >= 11 is 0. The fourth-order valence-electron chi connectivity index (χ4n) is 1.73. The Kier molecular flexibility index (Phi) is 3.93. The van der Waals surface area contributed by atoms with Gasteiger partial charge in [0.05, 0.1) is 23.5 Å². The standard InChI is InChI=1S/C13H16N2O2S/c1-2-9-18(16,17)14-10-12-8-7-11-5-3-4-6-13(11)15-12/h3-8,14H,2,9-10H2,1H3. The molecule has 0 aliphatic carbocycles. The number of benzene rings is 1. The number of rotatable bonds is 5. The number of hydrogen-bond donors (Lipinski definition) is 1. The van der Waals surface area contributed by atoms with Crippen molar-refractivity contribution in [3.8, 4) is 0 Å². The predicted molar refractivity (Wildman–Crippen MR) is 72.7 cm³/mol. The predicted octanol–water partition coefficient (Wildman–Crippen LogP) is 2.06. The van der Waals surface area contributed by atoms with Crippen LogP contribution in [0.4, 0.5) is 0 Å². The van der Waals surface area contributed by atoms with Gasteiger partial charge in [0.25, 0.3) is 0 Å². The van der Waals surface area contributed by atoms with Gasteiger partial charge in [-0.15, -0.1) is 0 Å². The summed E-state index contributed by atoms with van der Waals surface area (Å²) < 4.78 is 25.6. The molecule has 0 unspecified atom stereocenters. The van der Waals surface area contributed by atoms with E-state index in [1.165, 1.54) is 0 Å². The van der Waals surface area contributed by atoms with E-state index in [2.05, 4.69) is 9.71 Å². The maximum absolute atomic E-state index is 11.5. The molecule has 0 fully saturated rings. The summed E-state index contributed by atoms with van der Waals surface area (Å²) in [5, 5.41) is 1.05. The Morgan fingerprint density at radius 1 is 1.17 bits per heavy atom. The number of fused-ring (bicyclic) bond motifs is 1.